The Labute approximate surface area is 67.7 Å². The van der Waals surface area contributed by atoms with E-state index in [0.29, 0.717) is 9.19 Å². The van der Waals surface area contributed by atoms with Crippen molar-refractivity contribution < 1.29 is 0 Å². The zero-order valence-corrected chi connectivity index (χ0v) is 6.70. The van der Waals surface area contributed by atoms with Crippen LogP contribution in [0.3, 0.4) is 0 Å². The predicted molar refractivity (Wildman–Crippen MR) is 45.0 cm³/mol. The van der Waals surface area contributed by atoms with Gasteiger partial charge in [-0.2, -0.15) is 5.26 Å². The molecule has 0 bridgehead atoms. The molecule has 0 saturated carbocycles. The molecule has 1 atom stereocenters. The van der Waals surface area contributed by atoms with Crippen LogP contribution in [0.2, 0.25) is 0 Å². The molecule has 0 radical (unpaired) electrons. The van der Waals surface area contributed by atoms with E-state index in [4.69, 9.17) is 29.7 Å². The van der Waals surface area contributed by atoms with Gasteiger partial charge < -0.3 is 4.72 Å². The summed E-state index contributed by atoms with van der Waals surface area (Å²) in [7, 11) is 0. The largest absolute Gasteiger partial charge is 0.318 e. The van der Waals surface area contributed by atoms with Crippen molar-refractivity contribution in [2.45, 2.75) is 0 Å². The Morgan fingerprint density at radius 3 is 2.56 bits per heavy atom. The average molecular weight is 174 g/mol. The normalized spacial score (nSPS) is 25.4. The molecule has 1 aliphatic rings. The van der Waals surface area contributed by atoms with Crippen LogP contribution < -0.4 is 4.72 Å². The lowest BCUT2D eigenvalue weighted by Gasteiger charge is -1.90. The third-order valence-electron chi connectivity index (χ3n) is 0.879. The fourth-order valence-electron chi connectivity index (χ4n) is 0.437. The van der Waals surface area contributed by atoms with E-state index < -0.39 is 0 Å². The first kappa shape index (κ1) is 6.93. The number of thiocarbonyl (C=S) groups is 2. The van der Waals surface area contributed by atoms with Gasteiger partial charge in [0, 0.05) is 0 Å². The Hall–Kier alpha value is -0.180. The summed E-state index contributed by atoms with van der Waals surface area (Å²) < 4.78 is 3.38. The zero-order chi connectivity index (χ0) is 6.85. The van der Waals surface area contributed by atoms with Crippen molar-refractivity contribution in [3.05, 3.63) is 0 Å². The van der Waals surface area contributed by atoms with Crippen LogP contribution in [-0.4, -0.2) is 9.19 Å². The number of nitriles is 1. The molecule has 9 heavy (non-hydrogen) atoms. The molecular formula is C4H2N2S3. The van der Waals surface area contributed by atoms with E-state index in [0.717, 1.165) is 0 Å². The molecule has 0 aromatic heterocycles. The standard InChI is InChI=1S/C4H2N2S3/c5-1-2-3(7)6-9-4(2)8/h2H,(H,6,7). The van der Waals surface area contributed by atoms with Gasteiger partial charge in [0.15, 0.2) is 0 Å². The van der Waals surface area contributed by atoms with Gasteiger partial charge in [0.2, 0.25) is 0 Å². The third-order valence-corrected chi connectivity index (χ3v) is 2.59. The van der Waals surface area contributed by atoms with E-state index in [2.05, 4.69) is 4.72 Å². The van der Waals surface area contributed by atoms with Crippen LogP contribution in [0, 0.1) is 17.2 Å². The van der Waals surface area contributed by atoms with Gasteiger partial charge in [-0.1, -0.05) is 24.4 Å². The molecule has 1 fully saturated rings. The molecule has 0 aliphatic carbocycles. The van der Waals surface area contributed by atoms with Gasteiger partial charge in [0.1, 0.15) is 10.9 Å². The molecule has 1 saturated heterocycles. The highest BCUT2D eigenvalue weighted by Crippen LogP contribution is 2.19. The second-order valence-corrected chi connectivity index (χ2v) is 3.44. The minimum atomic E-state index is -0.347. The summed E-state index contributed by atoms with van der Waals surface area (Å²) in [6.45, 7) is 0. The Bertz CT molecular complexity index is 188. The Balaban J connectivity index is 2.81. The molecule has 1 heterocycles. The molecule has 2 nitrogen and oxygen atoms in total. The summed E-state index contributed by atoms with van der Waals surface area (Å²) in [6, 6.07) is 2.00. The summed E-state index contributed by atoms with van der Waals surface area (Å²) in [6.07, 6.45) is 0. The molecule has 0 aromatic carbocycles. The highest BCUT2D eigenvalue weighted by atomic mass is 32.2. The summed E-state index contributed by atoms with van der Waals surface area (Å²) in [5, 5.41) is 8.43. The Kier molecular flexibility index (Phi) is 2.01. The number of hydrogen-bond donors (Lipinski definition) is 1. The van der Waals surface area contributed by atoms with Crippen LogP contribution >= 0.6 is 36.4 Å². The van der Waals surface area contributed by atoms with Gasteiger partial charge in [-0.15, -0.1) is 0 Å². The maximum absolute atomic E-state index is 8.43. The topological polar surface area (TPSA) is 35.8 Å². The fraction of sp³-hybridized carbons (Fsp3) is 0.250. The van der Waals surface area contributed by atoms with Gasteiger partial charge in [-0.25, -0.2) is 0 Å². The minimum Gasteiger partial charge on any atom is -0.318 e. The van der Waals surface area contributed by atoms with E-state index in [1.54, 1.807) is 0 Å². The van der Waals surface area contributed by atoms with Crippen LogP contribution in [0.5, 0.6) is 0 Å². The summed E-state index contributed by atoms with van der Waals surface area (Å²) in [5.41, 5.74) is 0. The molecule has 0 amide bonds. The van der Waals surface area contributed by atoms with E-state index in [1.807, 2.05) is 6.07 Å². The van der Waals surface area contributed by atoms with Crippen molar-refractivity contribution >= 4 is 45.6 Å². The van der Waals surface area contributed by atoms with E-state index >= 15 is 0 Å². The van der Waals surface area contributed by atoms with Crippen LogP contribution in [-0.2, 0) is 0 Å². The first-order valence-corrected chi connectivity index (χ1v) is 3.79. The lowest BCUT2D eigenvalue weighted by molar-refractivity contribution is 1.25. The Morgan fingerprint density at radius 1 is 1.67 bits per heavy atom. The van der Waals surface area contributed by atoms with Crippen LogP contribution in [0.15, 0.2) is 0 Å². The van der Waals surface area contributed by atoms with Crippen LogP contribution in [0.1, 0.15) is 0 Å². The zero-order valence-electron chi connectivity index (χ0n) is 4.25. The number of nitrogens with one attached hydrogen (secondary N) is 1. The van der Waals surface area contributed by atoms with Gasteiger partial charge in [-0.3, -0.25) is 0 Å². The average Bonchev–Trinajstić information content (AvgIpc) is 2.12. The highest BCUT2D eigenvalue weighted by Gasteiger charge is 2.26. The summed E-state index contributed by atoms with van der Waals surface area (Å²) in [5.74, 6) is -0.347. The molecule has 1 N–H and O–H groups in total. The molecule has 1 rings (SSSR count). The lowest BCUT2D eigenvalue weighted by atomic mass is 10.2. The molecule has 0 aromatic rings. The van der Waals surface area contributed by atoms with Crippen molar-refractivity contribution in [1.29, 1.82) is 5.26 Å². The van der Waals surface area contributed by atoms with E-state index in [-0.39, 0.29) is 5.92 Å². The van der Waals surface area contributed by atoms with Crippen molar-refractivity contribution in [2.24, 2.45) is 5.92 Å². The second kappa shape index (κ2) is 2.60. The molecule has 46 valence electrons. The van der Waals surface area contributed by atoms with E-state index in [9.17, 15) is 0 Å². The maximum Gasteiger partial charge on any atom is 0.140 e. The van der Waals surface area contributed by atoms with Crippen molar-refractivity contribution in [3.8, 4) is 6.07 Å². The van der Waals surface area contributed by atoms with Gasteiger partial charge in [-0.05, 0) is 11.9 Å². The molecule has 0 spiro atoms. The first-order chi connectivity index (χ1) is 4.25. The minimum absolute atomic E-state index is 0.347. The van der Waals surface area contributed by atoms with Crippen LogP contribution in [0.25, 0.3) is 0 Å². The highest BCUT2D eigenvalue weighted by molar-refractivity contribution is 8.23. The summed E-state index contributed by atoms with van der Waals surface area (Å²) in [4.78, 5) is 0.535. The van der Waals surface area contributed by atoms with Crippen molar-refractivity contribution in [2.75, 3.05) is 0 Å². The fourth-order valence-corrected chi connectivity index (χ4v) is 1.78. The van der Waals surface area contributed by atoms with Gasteiger partial charge in [0.05, 0.1) is 10.3 Å². The quantitative estimate of drug-likeness (QED) is 0.438. The SMILES string of the molecule is N#CC1C(=S)NSC1=S. The second-order valence-electron chi connectivity index (χ2n) is 1.45. The molecule has 1 aliphatic heterocycles. The number of hydrogen-bond acceptors (Lipinski definition) is 4. The lowest BCUT2D eigenvalue weighted by Crippen LogP contribution is -2.14. The molecular weight excluding hydrogens is 172 g/mol. The third kappa shape index (κ3) is 1.21. The van der Waals surface area contributed by atoms with Gasteiger partial charge in [0.25, 0.3) is 0 Å². The predicted octanol–water partition coefficient (Wildman–Crippen LogP) is 1.03. The molecule has 1 unspecified atom stereocenters. The Morgan fingerprint density at radius 2 is 2.33 bits per heavy atom. The number of nitrogens with zero attached hydrogens (tertiary/aromatic N) is 1. The first-order valence-electron chi connectivity index (χ1n) is 2.16. The van der Waals surface area contributed by atoms with Gasteiger partial charge >= 0.3 is 0 Å². The van der Waals surface area contributed by atoms with Crippen molar-refractivity contribution in [3.63, 3.8) is 0 Å². The van der Waals surface area contributed by atoms with Crippen LogP contribution in [0.4, 0.5) is 0 Å². The van der Waals surface area contributed by atoms with E-state index in [1.165, 1.54) is 11.9 Å². The molecule has 5 heteroatoms. The van der Waals surface area contributed by atoms with Crippen molar-refractivity contribution in [1.82, 2.24) is 4.72 Å². The maximum atomic E-state index is 8.43. The monoisotopic (exact) mass is 174 g/mol. The summed E-state index contributed by atoms with van der Waals surface area (Å²) >= 11 is 10.8. The smallest absolute Gasteiger partial charge is 0.140 e. The number of rotatable bonds is 0.